The second kappa shape index (κ2) is 5.68. The summed E-state index contributed by atoms with van der Waals surface area (Å²) in [4.78, 5) is 25.4. The summed E-state index contributed by atoms with van der Waals surface area (Å²) in [5.74, 6) is -0.525. The van der Waals surface area contributed by atoms with E-state index in [1.807, 2.05) is 12.1 Å². The lowest BCUT2D eigenvalue weighted by Gasteiger charge is -2.16. The monoisotopic (exact) mass is 307 g/mol. The summed E-state index contributed by atoms with van der Waals surface area (Å²) in [5.41, 5.74) is 0.908. The van der Waals surface area contributed by atoms with Gasteiger partial charge < -0.3 is 10.0 Å². The van der Waals surface area contributed by atoms with Gasteiger partial charge in [-0.15, -0.1) is 0 Å². The maximum atomic E-state index is 12.4. The molecule has 5 heteroatoms. The van der Waals surface area contributed by atoms with Gasteiger partial charge in [0, 0.05) is 18.1 Å². The lowest BCUT2D eigenvalue weighted by Crippen LogP contribution is -2.31. The molecule has 0 unspecified atom stereocenters. The van der Waals surface area contributed by atoms with E-state index in [4.69, 9.17) is 11.6 Å². The van der Waals surface area contributed by atoms with Crippen molar-refractivity contribution in [2.45, 2.75) is 19.3 Å². The average Bonchev–Trinajstić information content (AvgIpc) is 3.19. The molecular weight excluding hydrogens is 290 g/mol. The van der Waals surface area contributed by atoms with Crippen LogP contribution in [0, 0.1) is 17.8 Å². The van der Waals surface area contributed by atoms with Crippen LogP contribution >= 0.6 is 11.6 Å². The molecule has 3 rings (SSSR count). The molecule has 1 saturated carbocycles. The van der Waals surface area contributed by atoms with Crippen LogP contribution in [0.15, 0.2) is 24.3 Å². The van der Waals surface area contributed by atoms with Crippen LogP contribution in [0.4, 0.5) is 0 Å². The third-order valence-electron chi connectivity index (χ3n) is 4.53. The summed E-state index contributed by atoms with van der Waals surface area (Å²) >= 11 is 5.83. The first kappa shape index (κ1) is 14.4. The van der Waals surface area contributed by atoms with Gasteiger partial charge in [-0.1, -0.05) is 23.7 Å². The van der Waals surface area contributed by atoms with E-state index in [2.05, 4.69) is 0 Å². The summed E-state index contributed by atoms with van der Waals surface area (Å²) < 4.78 is 0. The summed E-state index contributed by atoms with van der Waals surface area (Å²) in [7, 11) is 0. The second-order valence-corrected chi connectivity index (χ2v) is 6.48. The third-order valence-corrected chi connectivity index (χ3v) is 4.78. The topological polar surface area (TPSA) is 57.6 Å². The maximum absolute atomic E-state index is 12.4. The smallest absolute Gasteiger partial charge is 0.308 e. The van der Waals surface area contributed by atoms with Crippen molar-refractivity contribution in [1.29, 1.82) is 0 Å². The third kappa shape index (κ3) is 3.21. The van der Waals surface area contributed by atoms with Gasteiger partial charge in [-0.3, -0.25) is 9.59 Å². The number of nitrogens with zero attached hydrogens (tertiary/aromatic N) is 1. The highest BCUT2D eigenvalue weighted by Gasteiger charge is 2.46. The maximum Gasteiger partial charge on any atom is 0.308 e. The fourth-order valence-corrected chi connectivity index (χ4v) is 3.31. The highest BCUT2D eigenvalue weighted by Crippen LogP contribution is 2.44. The van der Waals surface area contributed by atoms with Crippen LogP contribution in [0.5, 0.6) is 0 Å². The van der Waals surface area contributed by atoms with E-state index in [0.717, 1.165) is 18.4 Å². The van der Waals surface area contributed by atoms with Crippen molar-refractivity contribution in [1.82, 2.24) is 4.90 Å². The minimum absolute atomic E-state index is 0.00622. The number of halogens is 1. The summed E-state index contributed by atoms with van der Waals surface area (Å²) in [5, 5.41) is 9.97. The first-order valence-electron chi connectivity index (χ1n) is 7.29. The molecule has 1 amide bonds. The lowest BCUT2D eigenvalue weighted by molar-refractivity contribution is -0.142. The van der Waals surface area contributed by atoms with Gasteiger partial charge in [-0.25, -0.2) is 0 Å². The summed E-state index contributed by atoms with van der Waals surface area (Å²) in [6, 6.07) is 7.20. The zero-order valence-electron chi connectivity index (χ0n) is 11.7. The van der Waals surface area contributed by atoms with E-state index in [-0.39, 0.29) is 11.8 Å². The van der Waals surface area contributed by atoms with Crippen LogP contribution in [0.25, 0.3) is 0 Å². The van der Waals surface area contributed by atoms with E-state index in [0.29, 0.717) is 30.5 Å². The average molecular weight is 308 g/mol. The number of carbonyl (C=O) groups is 2. The van der Waals surface area contributed by atoms with Gasteiger partial charge in [-0.05, 0) is 42.4 Å². The Labute approximate surface area is 128 Å². The molecule has 1 N–H and O–H groups in total. The zero-order valence-corrected chi connectivity index (χ0v) is 12.4. The molecule has 1 heterocycles. The second-order valence-electron chi connectivity index (χ2n) is 6.05. The molecule has 1 aliphatic carbocycles. The van der Waals surface area contributed by atoms with E-state index in [9.17, 15) is 14.7 Å². The number of hydrogen-bond acceptors (Lipinski definition) is 2. The van der Waals surface area contributed by atoms with E-state index < -0.39 is 11.9 Å². The number of likely N-dealkylation sites (tertiary alicyclic amines) is 1. The van der Waals surface area contributed by atoms with Crippen LogP contribution in [-0.4, -0.2) is 35.0 Å². The number of amides is 1. The van der Waals surface area contributed by atoms with Crippen LogP contribution in [-0.2, 0) is 16.0 Å². The van der Waals surface area contributed by atoms with Gasteiger partial charge in [0.1, 0.15) is 0 Å². The predicted octanol–water partition coefficient (Wildman–Crippen LogP) is 2.45. The van der Waals surface area contributed by atoms with Crippen LogP contribution in [0.2, 0.25) is 5.02 Å². The Morgan fingerprint density at radius 2 is 1.86 bits per heavy atom. The molecule has 4 nitrogen and oxygen atoms in total. The Kier molecular flexibility index (Phi) is 3.89. The standard InChI is InChI=1S/C16H18ClNO3/c17-12-5-1-10(2-6-12)7-15(19)18-8-13(11-3-4-11)14(9-18)16(20)21/h1-2,5-6,11,13-14H,3-4,7-9H2,(H,20,21)/t13-,14+/m1/s1. The highest BCUT2D eigenvalue weighted by atomic mass is 35.5. The number of aliphatic carboxylic acids is 1. The number of benzene rings is 1. The minimum Gasteiger partial charge on any atom is -0.481 e. The fourth-order valence-electron chi connectivity index (χ4n) is 3.18. The normalized spacial score (nSPS) is 25.1. The Balaban J connectivity index is 1.65. The molecule has 2 aliphatic rings. The van der Waals surface area contributed by atoms with Crippen LogP contribution in [0.3, 0.4) is 0 Å². The lowest BCUT2D eigenvalue weighted by atomic mass is 9.92. The van der Waals surface area contributed by atoms with Gasteiger partial charge in [0.05, 0.1) is 12.3 Å². The predicted molar refractivity (Wildman–Crippen MR) is 79.1 cm³/mol. The molecule has 2 fully saturated rings. The molecule has 0 aromatic heterocycles. The van der Waals surface area contributed by atoms with Crippen LogP contribution in [0.1, 0.15) is 18.4 Å². The number of hydrogen-bond donors (Lipinski definition) is 1. The van der Waals surface area contributed by atoms with Gasteiger partial charge in [-0.2, -0.15) is 0 Å². The Morgan fingerprint density at radius 3 is 2.43 bits per heavy atom. The van der Waals surface area contributed by atoms with E-state index >= 15 is 0 Å². The van der Waals surface area contributed by atoms with Gasteiger partial charge in [0.15, 0.2) is 0 Å². The van der Waals surface area contributed by atoms with Crippen molar-refractivity contribution in [3.05, 3.63) is 34.9 Å². The van der Waals surface area contributed by atoms with Gasteiger partial charge >= 0.3 is 5.97 Å². The largest absolute Gasteiger partial charge is 0.481 e. The Hall–Kier alpha value is -1.55. The van der Waals surface area contributed by atoms with Crippen molar-refractivity contribution in [3.8, 4) is 0 Å². The first-order chi connectivity index (χ1) is 10.0. The SMILES string of the molecule is O=C(O)[C@H]1CN(C(=O)Cc2ccc(Cl)cc2)C[C@@H]1C1CC1. The number of carboxylic acid groups (broad SMARTS) is 1. The molecule has 112 valence electrons. The first-order valence-corrected chi connectivity index (χ1v) is 7.67. The molecule has 0 spiro atoms. The fraction of sp³-hybridized carbons (Fsp3) is 0.500. The number of carboxylic acids is 1. The minimum atomic E-state index is -0.770. The zero-order chi connectivity index (χ0) is 15.0. The van der Waals surface area contributed by atoms with Crippen molar-refractivity contribution in [2.24, 2.45) is 17.8 Å². The van der Waals surface area contributed by atoms with Gasteiger partial charge in [0.25, 0.3) is 0 Å². The van der Waals surface area contributed by atoms with Crippen molar-refractivity contribution in [3.63, 3.8) is 0 Å². The molecule has 1 aliphatic heterocycles. The molecule has 1 aromatic rings. The molecule has 1 saturated heterocycles. The Morgan fingerprint density at radius 1 is 1.19 bits per heavy atom. The summed E-state index contributed by atoms with van der Waals surface area (Å²) in [6.45, 7) is 0.941. The van der Waals surface area contributed by atoms with E-state index in [1.165, 1.54) is 0 Å². The summed E-state index contributed by atoms with van der Waals surface area (Å²) in [6.07, 6.45) is 2.52. The van der Waals surface area contributed by atoms with E-state index in [1.54, 1.807) is 17.0 Å². The molecular formula is C16H18ClNO3. The number of carbonyl (C=O) groups excluding carboxylic acids is 1. The molecule has 0 radical (unpaired) electrons. The van der Waals surface area contributed by atoms with Crippen molar-refractivity contribution >= 4 is 23.5 Å². The number of rotatable bonds is 4. The molecule has 21 heavy (non-hydrogen) atoms. The Bertz CT molecular complexity index is 553. The molecule has 0 bridgehead atoms. The molecule has 1 aromatic carbocycles. The molecule has 2 atom stereocenters. The van der Waals surface area contributed by atoms with Crippen molar-refractivity contribution < 1.29 is 14.7 Å². The van der Waals surface area contributed by atoms with Crippen molar-refractivity contribution in [2.75, 3.05) is 13.1 Å². The van der Waals surface area contributed by atoms with Gasteiger partial charge in [0.2, 0.25) is 5.91 Å². The van der Waals surface area contributed by atoms with Crippen LogP contribution < -0.4 is 0 Å². The highest BCUT2D eigenvalue weighted by molar-refractivity contribution is 6.30. The quantitative estimate of drug-likeness (QED) is 0.929.